The number of carbonyl (C=O) groups excluding carboxylic acids is 1. The summed E-state index contributed by atoms with van der Waals surface area (Å²) >= 11 is 4.22. The summed E-state index contributed by atoms with van der Waals surface area (Å²) in [5, 5.41) is 0. The number of carbonyl (C=O) groups is 1. The lowest BCUT2D eigenvalue weighted by Gasteiger charge is -2.16. The summed E-state index contributed by atoms with van der Waals surface area (Å²) < 4.78 is 10.6. The van der Waals surface area contributed by atoms with Crippen LogP contribution in [0, 0.1) is 5.92 Å². The molecule has 0 saturated carbocycles. The van der Waals surface area contributed by atoms with Gasteiger partial charge in [-0.25, -0.2) is 0 Å². The highest BCUT2D eigenvalue weighted by molar-refractivity contribution is 7.80. The van der Waals surface area contributed by atoms with E-state index in [0.29, 0.717) is 51.9 Å². The van der Waals surface area contributed by atoms with Crippen LogP contribution in [0.25, 0.3) is 0 Å². The van der Waals surface area contributed by atoms with Crippen molar-refractivity contribution in [2.45, 2.75) is 6.42 Å². The van der Waals surface area contributed by atoms with E-state index in [4.69, 9.17) is 15.2 Å². The monoisotopic (exact) mass is 262 g/mol. The van der Waals surface area contributed by atoms with Gasteiger partial charge >= 0.3 is 0 Å². The van der Waals surface area contributed by atoms with E-state index < -0.39 is 0 Å². The summed E-state index contributed by atoms with van der Waals surface area (Å²) in [6, 6.07) is 0. The number of hydrogen-bond acceptors (Lipinski definition) is 5. The third-order valence-electron chi connectivity index (χ3n) is 2.69. The van der Waals surface area contributed by atoms with E-state index in [-0.39, 0.29) is 5.91 Å². The quantitative estimate of drug-likeness (QED) is 0.444. The van der Waals surface area contributed by atoms with E-state index >= 15 is 0 Å². The lowest BCUT2D eigenvalue weighted by molar-refractivity contribution is -0.128. The molecule has 1 unspecified atom stereocenters. The summed E-state index contributed by atoms with van der Waals surface area (Å²) in [6.45, 7) is 4.26. The number of amides is 1. The predicted molar refractivity (Wildman–Crippen MR) is 69.2 cm³/mol. The second kappa shape index (κ2) is 8.74. The predicted octanol–water partition coefficient (Wildman–Crippen LogP) is -0.243. The Labute approximate surface area is 108 Å². The van der Waals surface area contributed by atoms with Crippen molar-refractivity contribution in [3.8, 4) is 0 Å². The topological polar surface area (TPSA) is 64.8 Å². The van der Waals surface area contributed by atoms with Gasteiger partial charge in [0.05, 0.1) is 26.4 Å². The zero-order valence-corrected chi connectivity index (χ0v) is 11.0. The minimum Gasteiger partial charge on any atom is -0.378 e. The Hall–Kier alpha value is -0.300. The molecule has 6 heteroatoms. The van der Waals surface area contributed by atoms with E-state index in [1.807, 2.05) is 4.90 Å². The molecule has 1 aliphatic rings. The fourth-order valence-electron chi connectivity index (χ4n) is 1.77. The van der Waals surface area contributed by atoms with Gasteiger partial charge in [0.15, 0.2) is 0 Å². The molecule has 0 aromatic carbocycles. The van der Waals surface area contributed by atoms with Gasteiger partial charge in [-0.3, -0.25) is 4.79 Å². The minimum atomic E-state index is 0.215. The van der Waals surface area contributed by atoms with Crippen molar-refractivity contribution >= 4 is 18.5 Å². The molecule has 0 radical (unpaired) electrons. The number of ether oxygens (including phenoxy) is 2. The second-order valence-electron chi connectivity index (χ2n) is 4.11. The van der Waals surface area contributed by atoms with Crippen LogP contribution in [0.1, 0.15) is 6.42 Å². The maximum atomic E-state index is 11.5. The number of nitrogens with two attached hydrogens (primary N) is 1. The Morgan fingerprint density at radius 1 is 1.29 bits per heavy atom. The molecular weight excluding hydrogens is 240 g/mol. The van der Waals surface area contributed by atoms with Crippen molar-refractivity contribution in [2.24, 2.45) is 11.7 Å². The largest absolute Gasteiger partial charge is 0.378 e. The van der Waals surface area contributed by atoms with E-state index in [2.05, 4.69) is 12.6 Å². The van der Waals surface area contributed by atoms with Crippen LogP contribution < -0.4 is 5.73 Å². The third kappa shape index (κ3) is 5.72. The van der Waals surface area contributed by atoms with Crippen molar-refractivity contribution in [1.29, 1.82) is 0 Å². The Balaban J connectivity index is 1.98. The number of thiol groups is 1. The van der Waals surface area contributed by atoms with Crippen molar-refractivity contribution in [2.75, 3.05) is 51.8 Å². The highest BCUT2D eigenvalue weighted by atomic mass is 32.1. The molecule has 17 heavy (non-hydrogen) atoms. The highest BCUT2D eigenvalue weighted by Gasteiger charge is 2.27. The number of likely N-dealkylation sites (tertiary alicyclic amines) is 1. The molecule has 0 spiro atoms. The average molecular weight is 262 g/mol. The zero-order chi connectivity index (χ0) is 12.5. The minimum absolute atomic E-state index is 0.215. The number of nitrogens with zero attached hydrogens (tertiary/aromatic N) is 1. The van der Waals surface area contributed by atoms with Gasteiger partial charge in [-0.1, -0.05) is 0 Å². The molecule has 1 atom stereocenters. The summed E-state index contributed by atoms with van der Waals surface area (Å²) in [5.41, 5.74) is 5.28. The molecule has 1 amide bonds. The van der Waals surface area contributed by atoms with E-state index in [9.17, 15) is 4.79 Å². The van der Waals surface area contributed by atoms with Crippen molar-refractivity contribution in [3.05, 3.63) is 0 Å². The summed E-state index contributed by atoms with van der Waals surface area (Å²) in [5.74, 6) is 1.39. The Morgan fingerprint density at radius 3 is 2.59 bits per heavy atom. The van der Waals surface area contributed by atoms with Crippen molar-refractivity contribution < 1.29 is 14.3 Å². The SMILES string of the molecule is NCCOCCOCCN1CC(CS)CC1=O. The van der Waals surface area contributed by atoms with Crippen LogP contribution in [-0.4, -0.2) is 62.6 Å². The first-order valence-electron chi connectivity index (χ1n) is 6.02. The molecule has 5 nitrogen and oxygen atoms in total. The number of hydrogen-bond donors (Lipinski definition) is 2. The molecule has 0 aromatic rings. The molecule has 1 fully saturated rings. The molecule has 1 heterocycles. The Morgan fingerprint density at radius 2 is 2.00 bits per heavy atom. The van der Waals surface area contributed by atoms with Gasteiger partial charge in [0.2, 0.25) is 5.91 Å². The average Bonchev–Trinajstić information content (AvgIpc) is 2.69. The molecule has 0 bridgehead atoms. The van der Waals surface area contributed by atoms with Crippen molar-refractivity contribution in [1.82, 2.24) is 4.90 Å². The van der Waals surface area contributed by atoms with Gasteiger partial charge < -0.3 is 20.1 Å². The zero-order valence-electron chi connectivity index (χ0n) is 10.1. The molecule has 2 N–H and O–H groups in total. The van der Waals surface area contributed by atoms with Crippen LogP contribution in [0.4, 0.5) is 0 Å². The van der Waals surface area contributed by atoms with Gasteiger partial charge in [-0.15, -0.1) is 0 Å². The van der Waals surface area contributed by atoms with Gasteiger partial charge in [0, 0.05) is 26.1 Å². The van der Waals surface area contributed by atoms with Crippen LogP contribution in [0.5, 0.6) is 0 Å². The smallest absolute Gasteiger partial charge is 0.223 e. The van der Waals surface area contributed by atoms with Gasteiger partial charge in [-0.2, -0.15) is 12.6 Å². The molecule has 0 aliphatic carbocycles. The number of rotatable bonds is 9. The summed E-state index contributed by atoms with van der Waals surface area (Å²) in [6.07, 6.45) is 0.628. The fraction of sp³-hybridized carbons (Fsp3) is 0.909. The second-order valence-corrected chi connectivity index (χ2v) is 4.47. The maximum absolute atomic E-state index is 11.5. The standard InChI is InChI=1S/C11H22N2O3S/c12-1-3-15-5-6-16-4-2-13-8-10(9-17)7-11(13)14/h10,17H,1-9,12H2. The van der Waals surface area contributed by atoms with E-state index in [1.165, 1.54) is 0 Å². The molecule has 1 rings (SSSR count). The normalized spacial score (nSPS) is 20.2. The van der Waals surface area contributed by atoms with E-state index in [0.717, 1.165) is 12.3 Å². The van der Waals surface area contributed by atoms with Crippen LogP contribution in [0.3, 0.4) is 0 Å². The highest BCUT2D eigenvalue weighted by Crippen LogP contribution is 2.18. The van der Waals surface area contributed by atoms with E-state index in [1.54, 1.807) is 0 Å². The van der Waals surface area contributed by atoms with Crippen molar-refractivity contribution in [3.63, 3.8) is 0 Å². The Kier molecular flexibility index (Phi) is 7.59. The maximum Gasteiger partial charge on any atom is 0.223 e. The van der Waals surface area contributed by atoms with Crippen LogP contribution in [-0.2, 0) is 14.3 Å². The molecule has 1 saturated heterocycles. The summed E-state index contributed by atoms with van der Waals surface area (Å²) in [7, 11) is 0. The van der Waals surface area contributed by atoms with Gasteiger partial charge in [-0.05, 0) is 11.7 Å². The molecule has 1 aliphatic heterocycles. The van der Waals surface area contributed by atoms with Gasteiger partial charge in [0.25, 0.3) is 0 Å². The summed E-state index contributed by atoms with van der Waals surface area (Å²) in [4.78, 5) is 13.4. The molecule has 0 aromatic heterocycles. The van der Waals surface area contributed by atoms with Crippen LogP contribution >= 0.6 is 12.6 Å². The Bertz CT molecular complexity index is 229. The molecule has 100 valence electrons. The fourth-order valence-corrected chi connectivity index (χ4v) is 2.02. The first-order chi connectivity index (χ1) is 8.27. The third-order valence-corrected chi connectivity index (χ3v) is 3.21. The first kappa shape index (κ1) is 14.8. The van der Waals surface area contributed by atoms with Gasteiger partial charge in [0.1, 0.15) is 0 Å². The lowest BCUT2D eigenvalue weighted by Crippen LogP contribution is -2.29. The van der Waals surface area contributed by atoms with Crippen LogP contribution in [0.2, 0.25) is 0 Å². The lowest BCUT2D eigenvalue weighted by atomic mass is 10.1. The molecular formula is C11H22N2O3S. The van der Waals surface area contributed by atoms with Crippen LogP contribution in [0.15, 0.2) is 0 Å². The first-order valence-corrected chi connectivity index (χ1v) is 6.65.